The van der Waals surface area contributed by atoms with Gasteiger partial charge in [-0.15, -0.1) is 0 Å². The number of nitrogens with zero attached hydrogens (tertiary/aromatic N) is 2. The number of carbonyl (C=O) groups excluding carboxylic acids is 2. The second kappa shape index (κ2) is 8.80. The fraction of sp³-hybridized carbons (Fsp3) is 0.611. The Bertz CT molecular complexity index is 580. The highest BCUT2D eigenvalue weighted by molar-refractivity contribution is 5.88. The van der Waals surface area contributed by atoms with Crippen molar-refractivity contribution in [1.82, 2.24) is 20.5 Å². The molecule has 3 rings (SSSR count). The molecule has 2 amide bonds. The summed E-state index contributed by atoms with van der Waals surface area (Å²) in [6, 6.07) is 5.44. The number of hydrogen-bond acceptors (Lipinski definition) is 5. The van der Waals surface area contributed by atoms with Crippen molar-refractivity contribution in [3.8, 4) is 0 Å². The number of rotatable bonds is 6. The van der Waals surface area contributed by atoms with Gasteiger partial charge in [-0.2, -0.15) is 0 Å². The summed E-state index contributed by atoms with van der Waals surface area (Å²) in [5.74, 6) is 1.29. The number of nitrogens with one attached hydrogen (secondary N) is 3. The zero-order valence-corrected chi connectivity index (χ0v) is 14.5. The zero-order chi connectivity index (χ0) is 17.5. The molecule has 0 spiro atoms. The van der Waals surface area contributed by atoms with E-state index in [1.165, 1.54) is 0 Å². The zero-order valence-electron chi connectivity index (χ0n) is 14.5. The number of anilines is 1. The predicted octanol–water partition coefficient (Wildman–Crippen LogP) is 0.600. The molecule has 0 radical (unpaired) electrons. The molecule has 3 heterocycles. The van der Waals surface area contributed by atoms with Crippen LogP contribution < -0.4 is 16.0 Å². The van der Waals surface area contributed by atoms with Crippen LogP contribution in [0.15, 0.2) is 24.4 Å². The summed E-state index contributed by atoms with van der Waals surface area (Å²) in [5, 5.41) is 9.09. The minimum Gasteiger partial charge on any atom is -0.370 e. The van der Waals surface area contributed by atoms with E-state index < -0.39 is 0 Å². The average molecular weight is 345 g/mol. The highest BCUT2D eigenvalue weighted by Gasteiger charge is 2.26. The maximum absolute atomic E-state index is 12.3. The molecule has 7 nitrogen and oxygen atoms in total. The number of amides is 2. The lowest BCUT2D eigenvalue weighted by Gasteiger charge is -2.19. The Labute approximate surface area is 148 Å². The van der Waals surface area contributed by atoms with Crippen LogP contribution >= 0.6 is 0 Å². The third-order valence-corrected chi connectivity index (χ3v) is 4.84. The molecule has 25 heavy (non-hydrogen) atoms. The van der Waals surface area contributed by atoms with E-state index in [9.17, 15) is 9.59 Å². The quantitative estimate of drug-likeness (QED) is 0.703. The van der Waals surface area contributed by atoms with Gasteiger partial charge in [0.2, 0.25) is 11.8 Å². The molecule has 1 aromatic heterocycles. The molecule has 2 atom stereocenters. The van der Waals surface area contributed by atoms with Gasteiger partial charge in [0.1, 0.15) is 11.9 Å². The SMILES string of the molecule is O=C(CN1CC[C@@H](CNc2ccccn2)C1)N[C@H]1CCCCNC1=O. The van der Waals surface area contributed by atoms with E-state index >= 15 is 0 Å². The Morgan fingerprint density at radius 3 is 3.08 bits per heavy atom. The molecular weight excluding hydrogens is 318 g/mol. The van der Waals surface area contributed by atoms with Crippen LogP contribution in [-0.4, -0.2) is 60.5 Å². The van der Waals surface area contributed by atoms with Crippen LogP contribution in [0.3, 0.4) is 0 Å². The van der Waals surface area contributed by atoms with Gasteiger partial charge in [-0.1, -0.05) is 6.07 Å². The molecule has 0 aliphatic carbocycles. The van der Waals surface area contributed by atoms with Crippen LogP contribution in [0.5, 0.6) is 0 Å². The normalized spacial score (nSPS) is 24.4. The number of aromatic nitrogens is 1. The fourth-order valence-electron chi connectivity index (χ4n) is 3.46. The van der Waals surface area contributed by atoms with Crippen LogP contribution in [0.2, 0.25) is 0 Å². The topological polar surface area (TPSA) is 86.4 Å². The fourth-order valence-corrected chi connectivity index (χ4v) is 3.46. The first-order chi connectivity index (χ1) is 12.2. The number of pyridine rings is 1. The largest absolute Gasteiger partial charge is 0.370 e. The smallest absolute Gasteiger partial charge is 0.242 e. The first-order valence-electron chi connectivity index (χ1n) is 9.15. The van der Waals surface area contributed by atoms with Gasteiger partial charge in [-0.3, -0.25) is 14.5 Å². The molecule has 2 aliphatic heterocycles. The minimum absolute atomic E-state index is 0.0512. The summed E-state index contributed by atoms with van der Waals surface area (Å²) >= 11 is 0. The first-order valence-corrected chi connectivity index (χ1v) is 9.15. The summed E-state index contributed by atoms with van der Waals surface area (Å²) in [4.78, 5) is 30.6. The molecule has 0 bridgehead atoms. The number of hydrogen-bond donors (Lipinski definition) is 3. The van der Waals surface area contributed by atoms with Crippen molar-refractivity contribution < 1.29 is 9.59 Å². The highest BCUT2D eigenvalue weighted by Crippen LogP contribution is 2.16. The molecule has 136 valence electrons. The van der Waals surface area contributed by atoms with Gasteiger partial charge in [0, 0.05) is 25.8 Å². The molecule has 0 saturated carbocycles. The van der Waals surface area contributed by atoms with E-state index in [1.54, 1.807) is 6.20 Å². The van der Waals surface area contributed by atoms with Gasteiger partial charge in [0.15, 0.2) is 0 Å². The minimum atomic E-state index is -0.376. The van der Waals surface area contributed by atoms with E-state index in [1.807, 2.05) is 18.2 Å². The molecule has 2 saturated heterocycles. The van der Waals surface area contributed by atoms with E-state index in [-0.39, 0.29) is 17.9 Å². The lowest BCUT2D eigenvalue weighted by atomic mass is 10.1. The van der Waals surface area contributed by atoms with Gasteiger partial charge < -0.3 is 16.0 Å². The summed E-state index contributed by atoms with van der Waals surface area (Å²) in [7, 11) is 0. The Morgan fingerprint density at radius 1 is 1.32 bits per heavy atom. The number of carbonyl (C=O) groups is 2. The third-order valence-electron chi connectivity index (χ3n) is 4.84. The van der Waals surface area contributed by atoms with E-state index in [0.29, 0.717) is 19.0 Å². The van der Waals surface area contributed by atoms with Crippen molar-refractivity contribution in [3.05, 3.63) is 24.4 Å². The molecule has 1 aromatic rings. The lowest BCUT2D eigenvalue weighted by molar-refractivity contribution is -0.129. The number of likely N-dealkylation sites (tertiary alicyclic amines) is 1. The molecular formula is C18H27N5O2. The third kappa shape index (κ3) is 5.42. The van der Waals surface area contributed by atoms with Crippen molar-refractivity contribution >= 4 is 17.6 Å². The lowest BCUT2D eigenvalue weighted by Crippen LogP contribution is -2.48. The maximum Gasteiger partial charge on any atom is 0.242 e. The summed E-state index contributed by atoms with van der Waals surface area (Å²) < 4.78 is 0. The van der Waals surface area contributed by atoms with Crippen LogP contribution in [0.4, 0.5) is 5.82 Å². The van der Waals surface area contributed by atoms with Gasteiger partial charge in [-0.25, -0.2) is 4.98 Å². The van der Waals surface area contributed by atoms with Crippen molar-refractivity contribution in [3.63, 3.8) is 0 Å². The van der Waals surface area contributed by atoms with Crippen LogP contribution in [0.1, 0.15) is 25.7 Å². The Kier molecular flexibility index (Phi) is 6.22. The van der Waals surface area contributed by atoms with E-state index in [0.717, 1.165) is 51.1 Å². The second-order valence-electron chi connectivity index (χ2n) is 6.89. The van der Waals surface area contributed by atoms with Crippen molar-refractivity contribution in [2.75, 3.05) is 38.0 Å². The van der Waals surface area contributed by atoms with Gasteiger partial charge in [-0.05, 0) is 50.3 Å². The maximum atomic E-state index is 12.3. The van der Waals surface area contributed by atoms with Gasteiger partial charge >= 0.3 is 0 Å². The molecule has 3 N–H and O–H groups in total. The van der Waals surface area contributed by atoms with E-state index in [2.05, 4.69) is 25.8 Å². The summed E-state index contributed by atoms with van der Waals surface area (Å²) in [6.45, 7) is 3.75. The van der Waals surface area contributed by atoms with Crippen LogP contribution in [0, 0.1) is 5.92 Å². The summed E-state index contributed by atoms with van der Waals surface area (Å²) in [6.07, 6.45) is 5.52. The molecule has 2 fully saturated rings. The average Bonchev–Trinajstić information content (AvgIpc) is 2.96. The highest BCUT2D eigenvalue weighted by atomic mass is 16.2. The monoisotopic (exact) mass is 345 g/mol. The van der Waals surface area contributed by atoms with Crippen molar-refractivity contribution in [2.45, 2.75) is 31.7 Å². The first kappa shape index (κ1) is 17.7. The van der Waals surface area contributed by atoms with Gasteiger partial charge in [0.25, 0.3) is 0 Å². The summed E-state index contributed by atoms with van der Waals surface area (Å²) in [5.41, 5.74) is 0. The molecule has 0 aromatic carbocycles. The Morgan fingerprint density at radius 2 is 2.24 bits per heavy atom. The van der Waals surface area contributed by atoms with Gasteiger partial charge in [0.05, 0.1) is 6.54 Å². The predicted molar refractivity (Wildman–Crippen MR) is 96.1 cm³/mol. The van der Waals surface area contributed by atoms with Crippen LogP contribution in [0.25, 0.3) is 0 Å². The standard InChI is InChI=1S/C18H27N5O2/c24-17(22-15-5-1-3-9-20-18(15)25)13-23-10-7-14(12-23)11-21-16-6-2-4-8-19-16/h2,4,6,8,14-15H,1,3,5,7,9-13H2,(H,19,21)(H,20,25)(H,22,24)/t14-,15-/m0/s1. The molecule has 7 heteroatoms. The van der Waals surface area contributed by atoms with Crippen molar-refractivity contribution in [2.24, 2.45) is 5.92 Å². The Hall–Kier alpha value is -2.15. The Balaban J connectivity index is 1.38. The molecule has 2 aliphatic rings. The van der Waals surface area contributed by atoms with Crippen molar-refractivity contribution in [1.29, 1.82) is 0 Å². The molecule has 0 unspecified atom stereocenters. The van der Waals surface area contributed by atoms with E-state index in [4.69, 9.17) is 0 Å². The second-order valence-corrected chi connectivity index (χ2v) is 6.89. The van der Waals surface area contributed by atoms with Crippen LogP contribution in [-0.2, 0) is 9.59 Å².